The van der Waals surface area contributed by atoms with Crippen LogP contribution < -0.4 is 10.2 Å². The summed E-state index contributed by atoms with van der Waals surface area (Å²) in [5, 5.41) is 6.94. The van der Waals surface area contributed by atoms with Crippen molar-refractivity contribution in [3.05, 3.63) is 51.2 Å². The Balaban J connectivity index is 2.03. The molecule has 6 heteroatoms. The summed E-state index contributed by atoms with van der Waals surface area (Å²) in [5.74, 6) is 0. The Hall–Kier alpha value is -1.14. The molecule has 2 aromatic rings. The highest BCUT2D eigenvalue weighted by Crippen LogP contribution is 2.21. The average molecular weight is 383 g/mol. The molecule has 1 aromatic heterocycles. The van der Waals surface area contributed by atoms with Crippen molar-refractivity contribution < 1.29 is 4.90 Å². The summed E-state index contributed by atoms with van der Waals surface area (Å²) in [6.07, 6.45) is 1.10. The molecule has 130 valence electrons. The Kier molecular flexibility index (Phi) is 7.49. The van der Waals surface area contributed by atoms with Crippen molar-refractivity contribution in [2.75, 3.05) is 32.5 Å². The molecule has 0 aliphatic rings. The van der Waals surface area contributed by atoms with E-state index in [2.05, 4.69) is 41.8 Å². The summed E-state index contributed by atoms with van der Waals surface area (Å²) >= 11 is 13.6. The van der Waals surface area contributed by atoms with Gasteiger partial charge in [0.05, 0.1) is 27.2 Å². The molecule has 0 amide bonds. The molecular weight excluding hydrogens is 358 g/mol. The molecule has 2 rings (SSSR count). The molecule has 2 N–H and O–H groups in total. The molecule has 3 nitrogen and oxygen atoms in total. The monoisotopic (exact) mass is 382 g/mol. The van der Waals surface area contributed by atoms with Gasteiger partial charge in [-0.25, -0.2) is 0 Å². The van der Waals surface area contributed by atoms with Crippen molar-refractivity contribution in [1.82, 2.24) is 4.90 Å². The van der Waals surface area contributed by atoms with Gasteiger partial charge in [0.15, 0.2) is 5.11 Å². The SMILES string of the molecule is Cc1ccc(NC(=S)N(CCC[NH+](C)C)Cc2cccs2)cc1Cl. The van der Waals surface area contributed by atoms with E-state index in [1.54, 1.807) is 11.3 Å². The molecule has 0 radical (unpaired) electrons. The quantitative estimate of drug-likeness (QED) is 0.715. The predicted octanol–water partition coefficient (Wildman–Crippen LogP) is 3.44. The van der Waals surface area contributed by atoms with Crippen LogP contribution in [0.2, 0.25) is 5.02 Å². The molecule has 1 aromatic carbocycles. The molecule has 0 aliphatic carbocycles. The maximum Gasteiger partial charge on any atom is 0.173 e. The van der Waals surface area contributed by atoms with E-state index in [4.69, 9.17) is 23.8 Å². The minimum Gasteiger partial charge on any atom is -0.344 e. The number of thiocarbonyl (C=S) groups is 1. The van der Waals surface area contributed by atoms with Gasteiger partial charge < -0.3 is 15.1 Å². The molecule has 0 aliphatic heterocycles. The molecule has 0 fully saturated rings. The molecule has 0 unspecified atom stereocenters. The number of quaternary nitrogens is 1. The summed E-state index contributed by atoms with van der Waals surface area (Å²) in [6, 6.07) is 10.2. The Labute approximate surface area is 159 Å². The van der Waals surface area contributed by atoms with Gasteiger partial charge in [-0.15, -0.1) is 11.3 Å². The Morgan fingerprint density at radius 3 is 2.75 bits per heavy atom. The van der Waals surface area contributed by atoms with Crippen LogP contribution >= 0.6 is 35.2 Å². The fourth-order valence-electron chi connectivity index (χ4n) is 2.34. The van der Waals surface area contributed by atoms with Crippen LogP contribution in [0.5, 0.6) is 0 Å². The first-order valence-corrected chi connectivity index (χ1v) is 9.76. The van der Waals surface area contributed by atoms with Crippen molar-refractivity contribution >= 4 is 46.0 Å². The molecule has 1 heterocycles. The van der Waals surface area contributed by atoms with Crippen molar-refractivity contribution in [3.8, 4) is 0 Å². The second-order valence-corrected chi connectivity index (χ2v) is 8.03. The lowest BCUT2D eigenvalue weighted by atomic mass is 10.2. The fourth-order valence-corrected chi connectivity index (χ4v) is 3.51. The summed E-state index contributed by atoms with van der Waals surface area (Å²) in [5.41, 5.74) is 2.00. The van der Waals surface area contributed by atoms with E-state index in [0.29, 0.717) is 0 Å². The van der Waals surface area contributed by atoms with Gasteiger partial charge in [0.25, 0.3) is 0 Å². The van der Waals surface area contributed by atoms with Gasteiger partial charge >= 0.3 is 0 Å². The normalized spacial score (nSPS) is 10.9. The van der Waals surface area contributed by atoms with Crippen LogP contribution in [0.25, 0.3) is 0 Å². The topological polar surface area (TPSA) is 19.7 Å². The number of hydrogen-bond acceptors (Lipinski definition) is 2. The van der Waals surface area contributed by atoms with E-state index < -0.39 is 0 Å². The highest BCUT2D eigenvalue weighted by molar-refractivity contribution is 7.80. The number of hydrogen-bond donors (Lipinski definition) is 2. The lowest BCUT2D eigenvalue weighted by Gasteiger charge is -2.26. The van der Waals surface area contributed by atoms with Gasteiger partial charge in [0.1, 0.15) is 0 Å². The first kappa shape index (κ1) is 19.2. The van der Waals surface area contributed by atoms with Crippen LogP contribution in [0.4, 0.5) is 5.69 Å². The van der Waals surface area contributed by atoms with Gasteiger partial charge in [-0.3, -0.25) is 0 Å². The predicted molar refractivity (Wildman–Crippen MR) is 109 cm³/mol. The summed E-state index contributed by atoms with van der Waals surface area (Å²) in [4.78, 5) is 5.01. The van der Waals surface area contributed by atoms with Crippen LogP contribution in [0.15, 0.2) is 35.7 Å². The van der Waals surface area contributed by atoms with Crippen LogP contribution in [0.3, 0.4) is 0 Å². The van der Waals surface area contributed by atoms with Gasteiger partial charge in [-0.1, -0.05) is 23.7 Å². The Bertz CT molecular complexity index is 656. The summed E-state index contributed by atoms with van der Waals surface area (Å²) in [6.45, 7) is 4.90. The zero-order valence-corrected chi connectivity index (χ0v) is 16.8. The number of thiophene rings is 1. The van der Waals surface area contributed by atoms with Crippen LogP contribution in [0, 0.1) is 6.92 Å². The van der Waals surface area contributed by atoms with Gasteiger partial charge in [0.2, 0.25) is 0 Å². The molecule has 0 atom stereocenters. The second kappa shape index (κ2) is 9.37. The van der Waals surface area contributed by atoms with Crippen LogP contribution in [0.1, 0.15) is 16.9 Å². The van der Waals surface area contributed by atoms with E-state index in [0.717, 1.165) is 47.4 Å². The molecule has 0 bridgehead atoms. The highest BCUT2D eigenvalue weighted by atomic mass is 35.5. The van der Waals surface area contributed by atoms with Crippen molar-refractivity contribution in [2.45, 2.75) is 19.9 Å². The second-order valence-electron chi connectivity index (χ2n) is 6.21. The standard InChI is InChI=1S/C18H24ClN3S2/c1-14-7-8-15(12-17(14)19)20-18(23)22(10-5-9-21(2)3)13-16-6-4-11-24-16/h4,6-8,11-12H,5,9-10,13H2,1-3H3,(H,20,23)/p+1. The van der Waals surface area contributed by atoms with E-state index in [1.807, 2.05) is 25.1 Å². The average Bonchev–Trinajstić information content (AvgIpc) is 3.02. The number of anilines is 1. The minimum absolute atomic E-state index is 0.747. The van der Waals surface area contributed by atoms with E-state index in [1.165, 1.54) is 9.78 Å². The van der Waals surface area contributed by atoms with Gasteiger partial charge in [-0.05, 0) is 48.3 Å². The summed E-state index contributed by atoms with van der Waals surface area (Å²) < 4.78 is 0. The van der Waals surface area contributed by atoms with Gasteiger partial charge in [-0.2, -0.15) is 0 Å². The third-order valence-electron chi connectivity index (χ3n) is 3.74. The Morgan fingerprint density at radius 2 is 2.12 bits per heavy atom. The maximum atomic E-state index is 6.21. The molecule has 0 spiro atoms. The van der Waals surface area contributed by atoms with Crippen molar-refractivity contribution in [2.24, 2.45) is 0 Å². The third kappa shape index (κ3) is 6.06. The van der Waals surface area contributed by atoms with E-state index in [-0.39, 0.29) is 0 Å². The lowest BCUT2D eigenvalue weighted by molar-refractivity contribution is -0.858. The molecular formula is C18H25ClN3S2+. The highest BCUT2D eigenvalue weighted by Gasteiger charge is 2.12. The number of nitrogens with zero attached hydrogens (tertiary/aromatic N) is 1. The largest absolute Gasteiger partial charge is 0.344 e. The van der Waals surface area contributed by atoms with E-state index >= 15 is 0 Å². The number of halogens is 1. The smallest absolute Gasteiger partial charge is 0.173 e. The minimum atomic E-state index is 0.747. The van der Waals surface area contributed by atoms with Crippen LogP contribution in [-0.2, 0) is 6.54 Å². The van der Waals surface area contributed by atoms with Crippen LogP contribution in [-0.4, -0.2) is 37.2 Å². The third-order valence-corrected chi connectivity index (χ3v) is 5.37. The molecule has 0 saturated carbocycles. The van der Waals surface area contributed by atoms with E-state index in [9.17, 15) is 0 Å². The zero-order chi connectivity index (χ0) is 17.5. The summed E-state index contributed by atoms with van der Waals surface area (Å²) in [7, 11) is 4.35. The number of aryl methyl sites for hydroxylation is 1. The number of rotatable bonds is 7. The molecule has 24 heavy (non-hydrogen) atoms. The zero-order valence-electron chi connectivity index (χ0n) is 14.4. The van der Waals surface area contributed by atoms with Gasteiger partial charge in [0, 0.05) is 28.6 Å². The molecule has 0 saturated heterocycles. The van der Waals surface area contributed by atoms with Crippen molar-refractivity contribution in [3.63, 3.8) is 0 Å². The van der Waals surface area contributed by atoms with Crippen molar-refractivity contribution in [1.29, 1.82) is 0 Å². The fraction of sp³-hybridized carbons (Fsp3) is 0.389. The number of nitrogens with one attached hydrogen (secondary N) is 2. The lowest BCUT2D eigenvalue weighted by Crippen LogP contribution is -3.05. The maximum absolute atomic E-state index is 6.21. The first-order chi connectivity index (χ1) is 11.5. The first-order valence-electron chi connectivity index (χ1n) is 8.09. The number of benzene rings is 1. The Morgan fingerprint density at radius 1 is 1.33 bits per heavy atom.